The Labute approximate surface area is 136 Å². The summed E-state index contributed by atoms with van der Waals surface area (Å²) in [7, 11) is -4.10. The highest BCUT2D eigenvalue weighted by Gasteiger charge is 2.21. The quantitative estimate of drug-likeness (QED) is 0.819. The topological polar surface area (TPSA) is 86.5 Å². The monoisotopic (exact) mass is 333 g/mol. The van der Waals surface area contributed by atoms with Gasteiger partial charge in [0.05, 0.1) is 6.42 Å². The maximum atomic E-state index is 12.0. The molecule has 0 aliphatic rings. The van der Waals surface area contributed by atoms with Gasteiger partial charge in [-0.15, -0.1) is 0 Å². The maximum Gasteiger partial charge on any atom is 0.341 e. The van der Waals surface area contributed by atoms with Gasteiger partial charge in [0.25, 0.3) is 0 Å². The normalized spacial score (nSPS) is 12.6. The van der Waals surface area contributed by atoms with Crippen LogP contribution in [0.2, 0.25) is 0 Å². The van der Waals surface area contributed by atoms with Crippen LogP contribution in [-0.4, -0.2) is 20.4 Å². The molecule has 0 aromatic heterocycles. The van der Waals surface area contributed by atoms with E-state index in [-0.39, 0.29) is 11.3 Å². The van der Waals surface area contributed by atoms with Crippen LogP contribution in [0.15, 0.2) is 59.5 Å². The van der Waals surface area contributed by atoms with Crippen LogP contribution in [0.5, 0.6) is 0 Å². The minimum absolute atomic E-state index is 0.0481. The van der Waals surface area contributed by atoms with Crippen molar-refractivity contribution in [3.05, 3.63) is 65.7 Å². The van der Waals surface area contributed by atoms with Crippen LogP contribution in [0.25, 0.3) is 0 Å². The number of hydrogen-bond donors (Lipinski definition) is 1. The van der Waals surface area contributed by atoms with Crippen molar-refractivity contribution in [3.8, 4) is 0 Å². The fraction of sp³-hybridized carbons (Fsp3) is 0.235. The molecule has 2 aromatic carbocycles. The zero-order valence-corrected chi connectivity index (χ0v) is 13.6. The van der Waals surface area contributed by atoms with E-state index in [9.17, 15) is 13.2 Å². The summed E-state index contributed by atoms with van der Waals surface area (Å²) in [6.07, 6.45) is 0.306. The Morgan fingerprint density at radius 1 is 1.09 bits per heavy atom. The molecule has 0 aliphatic heterocycles. The molecule has 122 valence electrons. The number of benzene rings is 2. The van der Waals surface area contributed by atoms with Crippen molar-refractivity contribution in [2.75, 3.05) is 0 Å². The molecule has 0 heterocycles. The highest BCUT2D eigenvalue weighted by atomic mass is 32.2. The molecule has 23 heavy (non-hydrogen) atoms. The molecule has 1 atom stereocenters. The molecule has 0 spiro atoms. The van der Waals surface area contributed by atoms with Crippen molar-refractivity contribution in [1.29, 1.82) is 0 Å². The zero-order chi connectivity index (χ0) is 16.9. The Morgan fingerprint density at radius 2 is 1.70 bits per heavy atom. The molecule has 0 saturated heterocycles. The minimum Gasteiger partial charge on any atom is -0.342 e. The largest absolute Gasteiger partial charge is 0.342 e. The second-order valence-electron chi connectivity index (χ2n) is 5.38. The van der Waals surface area contributed by atoms with E-state index in [0.29, 0.717) is 6.42 Å². The predicted octanol–water partition coefficient (Wildman–Crippen LogP) is 2.19. The zero-order valence-electron chi connectivity index (χ0n) is 12.8. The molecule has 2 N–H and O–H groups in total. The predicted molar refractivity (Wildman–Crippen MR) is 87.2 cm³/mol. The van der Waals surface area contributed by atoms with Crippen molar-refractivity contribution in [1.82, 2.24) is 0 Å². The fourth-order valence-electron chi connectivity index (χ4n) is 2.11. The summed E-state index contributed by atoms with van der Waals surface area (Å²) in [6, 6.07) is 15.0. The van der Waals surface area contributed by atoms with Gasteiger partial charge >= 0.3 is 16.1 Å². The first-order valence-corrected chi connectivity index (χ1v) is 8.61. The van der Waals surface area contributed by atoms with Gasteiger partial charge in [0.2, 0.25) is 0 Å². The second kappa shape index (κ2) is 7.39. The number of carbonyl (C=O) groups excluding carboxylic acids is 1. The van der Waals surface area contributed by atoms with E-state index in [1.165, 1.54) is 12.1 Å². The first-order valence-electron chi connectivity index (χ1n) is 7.20. The summed E-state index contributed by atoms with van der Waals surface area (Å²) in [5, 5.41) is 0. The lowest BCUT2D eigenvalue weighted by Gasteiger charge is -2.11. The van der Waals surface area contributed by atoms with E-state index in [0.717, 1.165) is 11.1 Å². The highest BCUT2D eigenvalue weighted by Crippen LogP contribution is 2.14. The summed E-state index contributed by atoms with van der Waals surface area (Å²) in [5.74, 6) is -0.853. The number of aryl methyl sites for hydroxylation is 1. The molecule has 0 saturated carbocycles. The van der Waals surface area contributed by atoms with E-state index in [1.54, 1.807) is 12.1 Å². The minimum atomic E-state index is -4.10. The van der Waals surface area contributed by atoms with Gasteiger partial charge in [-0.3, -0.25) is 4.79 Å². The molecule has 0 bridgehead atoms. The molecule has 1 unspecified atom stereocenters. The lowest BCUT2D eigenvalue weighted by Crippen LogP contribution is -2.28. The molecule has 0 aliphatic carbocycles. The Kier molecular flexibility index (Phi) is 5.52. The van der Waals surface area contributed by atoms with Crippen LogP contribution in [-0.2, 0) is 25.5 Å². The van der Waals surface area contributed by atoms with E-state index < -0.39 is 22.1 Å². The van der Waals surface area contributed by atoms with Crippen LogP contribution in [0, 0.1) is 6.92 Å². The first-order chi connectivity index (χ1) is 10.9. The smallest absolute Gasteiger partial charge is 0.341 e. The highest BCUT2D eigenvalue weighted by molar-refractivity contribution is 7.87. The molecule has 0 radical (unpaired) electrons. The molecule has 5 nitrogen and oxygen atoms in total. The van der Waals surface area contributed by atoms with E-state index in [2.05, 4.69) is 4.18 Å². The fourth-order valence-corrected chi connectivity index (χ4v) is 2.99. The lowest BCUT2D eigenvalue weighted by atomic mass is 10.0. The van der Waals surface area contributed by atoms with Crippen LogP contribution in [0.3, 0.4) is 0 Å². The number of nitrogens with two attached hydrogens (primary N) is 1. The average molecular weight is 333 g/mol. The summed E-state index contributed by atoms with van der Waals surface area (Å²) in [5.41, 5.74) is 7.79. The summed E-state index contributed by atoms with van der Waals surface area (Å²) in [6.45, 7) is 1.84. The lowest BCUT2D eigenvalue weighted by molar-refractivity contribution is -0.134. The standard InChI is InChI=1S/C17H19NO4S/c1-13-7-9-16(10-8-13)23(20,21)22-17(19)12-15(18)11-14-5-3-2-4-6-14/h2-10,15H,11-12,18H2,1H3. The molecule has 2 aromatic rings. The number of rotatable bonds is 6. The molecule has 6 heteroatoms. The van der Waals surface area contributed by atoms with Gasteiger partial charge in [-0.25, -0.2) is 0 Å². The van der Waals surface area contributed by atoms with Gasteiger partial charge in [-0.05, 0) is 31.0 Å². The van der Waals surface area contributed by atoms with Gasteiger partial charge < -0.3 is 9.92 Å². The molecular formula is C17H19NO4S. The van der Waals surface area contributed by atoms with E-state index in [4.69, 9.17) is 5.73 Å². The Balaban J connectivity index is 1.94. The second-order valence-corrected chi connectivity index (χ2v) is 6.92. The number of hydrogen-bond acceptors (Lipinski definition) is 5. The van der Waals surface area contributed by atoms with Crippen LogP contribution < -0.4 is 5.73 Å². The molecular weight excluding hydrogens is 314 g/mol. The van der Waals surface area contributed by atoms with Gasteiger partial charge in [0.15, 0.2) is 0 Å². The Morgan fingerprint density at radius 3 is 2.30 bits per heavy atom. The van der Waals surface area contributed by atoms with Crippen LogP contribution in [0.4, 0.5) is 0 Å². The van der Waals surface area contributed by atoms with Crippen LogP contribution >= 0.6 is 0 Å². The number of carbonyl (C=O) groups is 1. The van der Waals surface area contributed by atoms with Gasteiger partial charge in [0, 0.05) is 6.04 Å². The summed E-state index contributed by atoms with van der Waals surface area (Å²) < 4.78 is 28.6. The van der Waals surface area contributed by atoms with E-state index >= 15 is 0 Å². The van der Waals surface area contributed by atoms with Gasteiger partial charge in [-0.2, -0.15) is 8.42 Å². The third-order valence-electron chi connectivity index (χ3n) is 3.28. The van der Waals surface area contributed by atoms with Crippen molar-refractivity contribution < 1.29 is 17.4 Å². The van der Waals surface area contributed by atoms with Crippen molar-refractivity contribution >= 4 is 16.1 Å². The Bertz CT molecular complexity index is 755. The third kappa shape index (κ3) is 5.19. The molecule has 2 rings (SSSR count). The molecule has 0 fully saturated rings. The van der Waals surface area contributed by atoms with Gasteiger partial charge in [0.1, 0.15) is 4.90 Å². The summed E-state index contributed by atoms with van der Waals surface area (Å²) in [4.78, 5) is 11.8. The average Bonchev–Trinajstić information content (AvgIpc) is 2.47. The van der Waals surface area contributed by atoms with Gasteiger partial charge in [-0.1, -0.05) is 48.0 Å². The van der Waals surface area contributed by atoms with Crippen molar-refractivity contribution in [3.63, 3.8) is 0 Å². The third-order valence-corrected chi connectivity index (χ3v) is 4.54. The summed E-state index contributed by atoms with van der Waals surface area (Å²) >= 11 is 0. The van der Waals surface area contributed by atoms with Crippen molar-refractivity contribution in [2.45, 2.75) is 30.7 Å². The maximum absolute atomic E-state index is 12.0. The van der Waals surface area contributed by atoms with Crippen LogP contribution in [0.1, 0.15) is 17.5 Å². The molecule has 0 amide bonds. The SMILES string of the molecule is Cc1ccc(S(=O)(=O)OC(=O)CC(N)Cc2ccccc2)cc1. The Hall–Kier alpha value is -2.18. The van der Waals surface area contributed by atoms with Crippen molar-refractivity contribution in [2.24, 2.45) is 5.73 Å². The first kappa shape index (κ1) is 17.2. The van der Waals surface area contributed by atoms with E-state index in [1.807, 2.05) is 37.3 Å².